The number of nitrogens with zero attached hydrogens (tertiary/aromatic N) is 2. The topological polar surface area (TPSA) is 115 Å². The van der Waals surface area contributed by atoms with E-state index in [9.17, 15) is 19.5 Å². The highest BCUT2D eigenvalue weighted by atomic mass is 32.1. The number of thiazole rings is 1. The number of hydrogen-bond acceptors (Lipinski definition) is 9. The van der Waals surface area contributed by atoms with Crippen LogP contribution in [0.5, 0.6) is 11.5 Å². The van der Waals surface area contributed by atoms with E-state index in [1.54, 1.807) is 49.4 Å². The molecule has 186 valence electrons. The summed E-state index contributed by atoms with van der Waals surface area (Å²) < 4.78 is 15.6. The van der Waals surface area contributed by atoms with Gasteiger partial charge in [0.05, 0.1) is 38.6 Å². The maximum Gasteiger partial charge on any atom is 0.350 e. The third-order valence-electron chi connectivity index (χ3n) is 5.85. The summed E-state index contributed by atoms with van der Waals surface area (Å²) in [5.41, 5.74) is 2.08. The number of anilines is 1. The van der Waals surface area contributed by atoms with Crippen LogP contribution in [0.2, 0.25) is 0 Å². The first-order chi connectivity index (χ1) is 17.2. The number of aromatic nitrogens is 1. The van der Waals surface area contributed by atoms with Gasteiger partial charge in [-0.1, -0.05) is 47.2 Å². The summed E-state index contributed by atoms with van der Waals surface area (Å²) in [5.74, 6) is -1.85. The predicted molar refractivity (Wildman–Crippen MR) is 134 cm³/mol. The van der Waals surface area contributed by atoms with Crippen molar-refractivity contribution in [3.05, 3.63) is 75.3 Å². The van der Waals surface area contributed by atoms with E-state index in [0.717, 1.165) is 16.9 Å². The molecular formula is C26H24N2O7S. The molecule has 0 aliphatic carbocycles. The van der Waals surface area contributed by atoms with Crippen LogP contribution >= 0.6 is 11.3 Å². The number of amides is 1. The monoisotopic (exact) mass is 508 g/mol. The van der Waals surface area contributed by atoms with Gasteiger partial charge in [0.2, 0.25) is 0 Å². The first kappa shape index (κ1) is 24.9. The Balaban J connectivity index is 1.96. The number of ketones is 1. The SMILES string of the molecule is COC(=O)c1sc(N2C(=O)C(=O)C(=C(O)c3ccc(C)cc3)C2c2ccc(OC)c(OC)c2)nc1C. The zero-order valence-electron chi connectivity index (χ0n) is 20.3. The van der Waals surface area contributed by atoms with E-state index < -0.39 is 23.7 Å². The van der Waals surface area contributed by atoms with Crippen molar-refractivity contribution in [2.75, 3.05) is 26.2 Å². The van der Waals surface area contributed by atoms with Crippen molar-refractivity contribution >= 4 is 39.9 Å². The van der Waals surface area contributed by atoms with Gasteiger partial charge < -0.3 is 19.3 Å². The Morgan fingerprint density at radius 2 is 1.67 bits per heavy atom. The van der Waals surface area contributed by atoms with Crippen LogP contribution in [0.15, 0.2) is 48.0 Å². The van der Waals surface area contributed by atoms with Crippen molar-refractivity contribution in [3.63, 3.8) is 0 Å². The molecule has 0 saturated carbocycles. The van der Waals surface area contributed by atoms with Gasteiger partial charge >= 0.3 is 11.9 Å². The number of aryl methyl sites for hydroxylation is 2. The molecule has 10 heteroatoms. The number of carbonyl (C=O) groups excluding carboxylic acids is 3. The second-order valence-electron chi connectivity index (χ2n) is 8.05. The van der Waals surface area contributed by atoms with E-state index in [1.807, 2.05) is 6.92 Å². The molecule has 1 aromatic heterocycles. The molecule has 36 heavy (non-hydrogen) atoms. The molecule has 1 aliphatic heterocycles. The smallest absolute Gasteiger partial charge is 0.350 e. The predicted octanol–water partition coefficient (Wildman–Crippen LogP) is 4.19. The fourth-order valence-electron chi connectivity index (χ4n) is 4.00. The molecular weight excluding hydrogens is 484 g/mol. The van der Waals surface area contributed by atoms with Crippen LogP contribution in [0.3, 0.4) is 0 Å². The Bertz CT molecular complexity index is 1390. The maximum absolute atomic E-state index is 13.4. The summed E-state index contributed by atoms with van der Waals surface area (Å²) in [6.45, 7) is 3.51. The van der Waals surface area contributed by atoms with E-state index in [4.69, 9.17) is 14.2 Å². The zero-order valence-corrected chi connectivity index (χ0v) is 21.1. The molecule has 1 fully saturated rings. The van der Waals surface area contributed by atoms with Gasteiger partial charge in [-0.3, -0.25) is 14.5 Å². The summed E-state index contributed by atoms with van der Waals surface area (Å²) in [7, 11) is 4.21. The molecule has 0 radical (unpaired) electrons. The van der Waals surface area contributed by atoms with Gasteiger partial charge in [0.25, 0.3) is 5.78 Å². The summed E-state index contributed by atoms with van der Waals surface area (Å²) >= 11 is 0.930. The summed E-state index contributed by atoms with van der Waals surface area (Å²) in [6.07, 6.45) is 0. The first-order valence-electron chi connectivity index (χ1n) is 10.9. The Morgan fingerprint density at radius 1 is 1.00 bits per heavy atom. The summed E-state index contributed by atoms with van der Waals surface area (Å²) in [6, 6.07) is 10.8. The van der Waals surface area contributed by atoms with E-state index in [0.29, 0.717) is 28.3 Å². The van der Waals surface area contributed by atoms with Crippen LogP contribution in [-0.4, -0.2) is 49.1 Å². The summed E-state index contributed by atoms with van der Waals surface area (Å²) in [4.78, 5) is 44.7. The lowest BCUT2D eigenvalue weighted by atomic mass is 9.95. The molecule has 1 unspecified atom stereocenters. The molecule has 2 aromatic carbocycles. The van der Waals surface area contributed by atoms with Crippen LogP contribution in [-0.2, 0) is 14.3 Å². The third-order valence-corrected chi connectivity index (χ3v) is 6.99. The van der Waals surface area contributed by atoms with E-state index in [1.165, 1.54) is 26.2 Å². The van der Waals surface area contributed by atoms with Gasteiger partial charge in [-0.15, -0.1) is 0 Å². The molecule has 1 saturated heterocycles. The van der Waals surface area contributed by atoms with Crippen LogP contribution < -0.4 is 14.4 Å². The molecule has 4 rings (SSSR count). The number of Topliss-reactive ketones (excluding diaryl/α,β-unsaturated/α-hetero) is 1. The number of methoxy groups -OCH3 is 3. The van der Waals surface area contributed by atoms with Crippen molar-refractivity contribution in [3.8, 4) is 11.5 Å². The van der Waals surface area contributed by atoms with Crippen molar-refractivity contribution in [2.24, 2.45) is 0 Å². The highest BCUT2D eigenvalue weighted by molar-refractivity contribution is 7.17. The first-order valence-corrected chi connectivity index (χ1v) is 11.7. The summed E-state index contributed by atoms with van der Waals surface area (Å²) in [5, 5.41) is 11.4. The van der Waals surface area contributed by atoms with Gasteiger partial charge in [-0.25, -0.2) is 9.78 Å². The molecule has 9 nitrogen and oxygen atoms in total. The average molecular weight is 509 g/mol. The van der Waals surface area contributed by atoms with Gasteiger partial charge in [-0.05, 0) is 31.5 Å². The van der Waals surface area contributed by atoms with Crippen LogP contribution in [0, 0.1) is 13.8 Å². The van der Waals surface area contributed by atoms with Crippen molar-refractivity contribution in [1.29, 1.82) is 0 Å². The van der Waals surface area contributed by atoms with Crippen LogP contribution in [0.25, 0.3) is 5.76 Å². The number of hydrogen-bond donors (Lipinski definition) is 1. The lowest BCUT2D eigenvalue weighted by Gasteiger charge is -2.23. The lowest BCUT2D eigenvalue weighted by molar-refractivity contribution is -0.132. The van der Waals surface area contributed by atoms with Gasteiger partial charge in [0.15, 0.2) is 16.6 Å². The van der Waals surface area contributed by atoms with Gasteiger partial charge in [0.1, 0.15) is 10.6 Å². The fourth-order valence-corrected chi connectivity index (χ4v) is 5.01. The number of ether oxygens (including phenoxy) is 3. The largest absolute Gasteiger partial charge is 0.507 e. The molecule has 2 heterocycles. The minimum atomic E-state index is -1.04. The Hall–Kier alpha value is -4.18. The van der Waals surface area contributed by atoms with E-state index in [-0.39, 0.29) is 21.3 Å². The molecule has 1 aliphatic rings. The highest BCUT2D eigenvalue weighted by Gasteiger charge is 2.48. The number of carbonyl (C=O) groups is 3. The number of esters is 1. The lowest BCUT2D eigenvalue weighted by Crippen LogP contribution is -2.29. The van der Waals surface area contributed by atoms with Crippen LogP contribution in [0.4, 0.5) is 5.13 Å². The Morgan fingerprint density at radius 3 is 2.28 bits per heavy atom. The number of benzene rings is 2. The normalized spacial score (nSPS) is 16.8. The number of aliphatic hydroxyl groups is 1. The highest BCUT2D eigenvalue weighted by Crippen LogP contribution is 2.45. The average Bonchev–Trinajstić information content (AvgIpc) is 3.39. The molecule has 3 aromatic rings. The number of rotatable bonds is 6. The number of aliphatic hydroxyl groups excluding tert-OH is 1. The van der Waals surface area contributed by atoms with Crippen molar-refractivity contribution in [1.82, 2.24) is 4.98 Å². The van der Waals surface area contributed by atoms with Gasteiger partial charge in [-0.2, -0.15) is 0 Å². The van der Waals surface area contributed by atoms with Gasteiger partial charge in [0, 0.05) is 5.56 Å². The zero-order chi connectivity index (χ0) is 26.1. The Kier molecular flexibility index (Phi) is 6.80. The van der Waals surface area contributed by atoms with E-state index in [2.05, 4.69) is 4.98 Å². The molecule has 0 bridgehead atoms. The molecule has 1 amide bonds. The van der Waals surface area contributed by atoms with Crippen molar-refractivity contribution in [2.45, 2.75) is 19.9 Å². The van der Waals surface area contributed by atoms with Crippen LogP contribution in [0.1, 0.15) is 38.1 Å². The third kappa shape index (κ3) is 4.20. The maximum atomic E-state index is 13.4. The second-order valence-corrected chi connectivity index (χ2v) is 9.03. The standard InChI is InChI=1S/C26H24N2O7S/c1-13-6-8-15(9-7-13)21(29)19-20(16-10-11-17(33-3)18(12-16)34-4)28(24(31)22(19)30)26-27-14(2)23(36-26)25(32)35-5/h6-12,20,29H,1-5H3. The molecule has 0 spiro atoms. The minimum Gasteiger partial charge on any atom is -0.507 e. The fraction of sp³-hybridized carbons (Fsp3) is 0.231. The second kappa shape index (κ2) is 9.82. The van der Waals surface area contributed by atoms with Crippen molar-refractivity contribution < 1.29 is 33.7 Å². The Labute approximate surface area is 211 Å². The molecule has 1 N–H and O–H groups in total. The quantitative estimate of drug-likeness (QED) is 0.228. The van der Waals surface area contributed by atoms with E-state index >= 15 is 0 Å². The molecule has 1 atom stereocenters. The minimum absolute atomic E-state index is 0.108.